The monoisotopic (exact) mass is 234 g/mol. The fourth-order valence-electron chi connectivity index (χ4n) is 2.13. The van der Waals surface area contributed by atoms with Crippen molar-refractivity contribution < 1.29 is 0 Å². The van der Waals surface area contributed by atoms with Gasteiger partial charge in [-0.05, 0) is 40.5 Å². The van der Waals surface area contributed by atoms with Crippen LogP contribution in [0.25, 0.3) is 11.1 Å². The van der Waals surface area contributed by atoms with Crippen LogP contribution in [0.2, 0.25) is 10.0 Å². The summed E-state index contributed by atoms with van der Waals surface area (Å²) >= 11 is 12.2. The molecule has 0 N–H and O–H groups in total. The van der Waals surface area contributed by atoms with Gasteiger partial charge < -0.3 is 0 Å². The fourth-order valence-corrected chi connectivity index (χ4v) is 2.55. The minimum absolute atomic E-state index is 0.779. The molecule has 2 aromatic rings. The zero-order valence-electron chi connectivity index (χ0n) is 7.93. The molecule has 0 unspecified atom stereocenters. The Bertz CT molecular complexity index is 544. The average Bonchev–Trinajstić information content (AvgIpc) is 2.58. The summed E-state index contributed by atoms with van der Waals surface area (Å²) in [5.74, 6) is 0. The van der Waals surface area contributed by atoms with Gasteiger partial charge in [0.1, 0.15) is 0 Å². The summed E-state index contributed by atoms with van der Waals surface area (Å²) < 4.78 is 0. The zero-order chi connectivity index (χ0) is 10.4. The van der Waals surface area contributed by atoms with E-state index in [-0.39, 0.29) is 0 Å². The largest absolute Gasteiger partial charge is 0.0843 e. The van der Waals surface area contributed by atoms with E-state index >= 15 is 0 Å². The summed E-state index contributed by atoms with van der Waals surface area (Å²) in [5.41, 5.74) is 4.97. The molecule has 3 rings (SSSR count). The van der Waals surface area contributed by atoms with Crippen LogP contribution in [0.4, 0.5) is 0 Å². The normalized spacial score (nSPS) is 12.4. The smallest absolute Gasteiger partial charge is 0.0447 e. The maximum absolute atomic E-state index is 6.17. The maximum atomic E-state index is 6.17. The quantitative estimate of drug-likeness (QED) is 0.535. The van der Waals surface area contributed by atoms with Gasteiger partial charge in [0.25, 0.3) is 0 Å². The first-order valence-electron chi connectivity index (χ1n) is 4.82. The molecule has 0 amide bonds. The summed E-state index contributed by atoms with van der Waals surface area (Å²) in [7, 11) is 0. The molecule has 0 aromatic heterocycles. The molecule has 0 atom stereocenters. The van der Waals surface area contributed by atoms with Gasteiger partial charge in [-0.1, -0.05) is 41.4 Å². The molecule has 74 valence electrons. The van der Waals surface area contributed by atoms with Crippen molar-refractivity contribution in [2.75, 3.05) is 0 Å². The van der Waals surface area contributed by atoms with Crippen LogP contribution in [0.5, 0.6) is 0 Å². The van der Waals surface area contributed by atoms with E-state index in [1.807, 2.05) is 24.3 Å². The first-order valence-corrected chi connectivity index (χ1v) is 5.57. The van der Waals surface area contributed by atoms with Gasteiger partial charge in [0, 0.05) is 16.5 Å². The predicted octanol–water partition coefficient (Wildman–Crippen LogP) is 4.56. The highest BCUT2D eigenvalue weighted by Gasteiger charge is 2.20. The van der Waals surface area contributed by atoms with Crippen molar-refractivity contribution in [3.63, 3.8) is 0 Å². The molecule has 2 heteroatoms. The molecule has 2 aromatic carbocycles. The second kappa shape index (κ2) is 3.26. The van der Waals surface area contributed by atoms with Crippen LogP contribution in [0.3, 0.4) is 0 Å². The Hall–Kier alpha value is -0.980. The molecule has 0 bridgehead atoms. The molecule has 1 aliphatic carbocycles. The van der Waals surface area contributed by atoms with Crippen LogP contribution in [0.1, 0.15) is 11.1 Å². The SMILES string of the molecule is Clc1ccc2c(c1)-c1cccc(Cl)c1C2. The van der Waals surface area contributed by atoms with Crippen molar-refractivity contribution in [3.05, 3.63) is 57.6 Å². The highest BCUT2D eigenvalue weighted by molar-refractivity contribution is 6.32. The Morgan fingerprint density at radius 3 is 2.67 bits per heavy atom. The van der Waals surface area contributed by atoms with Crippen LogP contribution < -0.4 is 0 Å². The zero-order valence-corrected chi connectivity index (χ0v) is 9.44. The lowest BCUT2D eigenvalue weighted by atomic mass is 10.1. The molecule has 0 nitrogen and oxygen atoms in total. The molecular weight excluding hydrogens is 227 g/mol. The summed E-state index contributed by atoms with van der Waals surface area (Å²) in [4.78, 5) is 0. The molecule has 0 aliphatic heterocycles. The van der Waals surface area contributed by atoms with E-state index in [1.54, 1.807) is 0 Å². The summed E-state index contributed by atoms with van der Waals surface area (Å²) in [6.07, 6.45) is 0.918. The Morgan fingerprint density at radius 1 is 0.933 bits per heavy atom. The highest BCUT2D eigenvalue weighted by atomic mass is 35.5. The lowest BCUT2D eigenvalue weighted by Crippen LogP contribution is -1.80. The third-order valence-corrected chi connectivity index (χ3v) is 3.44. The minimum atomic E-state index is 0.779. The third-order valence-electron chi connectivity index (χ3n) is 2.85. The minimum Gasteiger partial charge on any atom is -0.0843 e. The first kappa shape index (κ1) is 9.26. The van der Waals surface area contributed by atoms with E-state index in [9.17, 15) is 0 Å². The molecule has 0 heterocycles. The second-order valence-electron chi connectivity index (χ2n) is 3.74. The van der Waals surface area contributed by atoms with Crippen LogP contribution in [-0.2, 0) is 6.42 Å². The molecule has 0 saturated carbocycles. The van der Waals surface area contributed by atoms with Gasteiger partial charge in [0.2, 0.25) is 0 Å². The van der Waals surface area contributed by atoms with E-state index in [0.29, 0.717) is 0 Å². The number of benzene rings is 2. The Morgan fingerprint density at radius 2 is 1.80 bits per heavy atom. The lowest BCUT2D eigenvalue weighted by Gasteiger charge is -2.01. The number of hydrogen-bond acceptors (Lipinski definition) is 0. The fraction of sp³-hybridized carbons (Fsp3) is 0.0769. The van der Waals surface area contributed by atoms with Gasteiger partial charge in [-0.25, -0.2) is 0 Å². The van der Waals surface area contributed by atoms with Crippen molar-refractivity contribution in [3.8, 4) is 11.1 Å². The summed E-state index contributed by atoms with van der Waals surface area (Å²) in [6, 6.07) is 12.0. The molecule has 0 spiro atoms. The Kier molecular flexibility index (Phi) is 2.01. The van der Waals surface area contributed by atoms with Gasteiger partial charge in [-0.2, -0.15) is 0 Å². The van der Waals surface area contributed by atoms with Crippen molar-refractivity contribution >= 4 is 23.2 Å². The van der Waals surface area contributed by atoms with Crippen molar-refractivity contribution in [1.29, 1.82) is 0 Å². The molecule has 1 aliphatic rings. The first-order chi connectivity index (χ1) is 7.25. The second-order valence-corrected chi connectivity index (χ2v) is 4.59. The number of rotatable bonds is 0. The Labute approximate surface area is 98.5 Å². The average molecular weight is 235 g/mol. The van der Waals surface area contributed by atoms with Gasteiger partial charge >= 0.3 is 0 Å². The summed E-state index contributed by atoms with van der Waals surface area (Å²) in [6.45, 7) is 0. The number of fused-ring (bicyclic) bond motifs is 3. The third kappa shape index (κ3) is 1.37. The standard InChI is InChI=1S/C13H8Cl2/c14-9-5-4-8-6-12-10(11(8)7-9)2-1-3-13(12)15/h1-5,7H,6H2. The molecule has 15 heavy (non-hydrogen) atoms. The highest BCUT2D eigenvalue weighted by Crippen LogP contribution is 2.40. The molecule has 0 fully saturated rings. The molecular formula is C13H8Cl2. The predicted molar refractivity (Wildman–Crippen MR) is 64.7 cm³/mol. The van der Waals surface area contributed by atoms with Crippen LogP contribution in [-0.4, -0.2) is 0 Å². The number of hydrogen-bond donors (Lipinski definition) is 0. The van der Waals surface area contributed by atoms with Crippen LogP contribution in [0.15, 0.2) is 36.4 Å². The van der Waals surface area contributed by atoms with Gasteiger partial charge in [-0.15, -0.1) is 0 Å². The maximum Gasteiger partial charge on any atom is 0.0447 e. The van der Waals surface area contributed by atoms with Crippen molar-refractivity contribution in [1.82, 2.24) is 0 Å². The summed E-state index contributed by atoms with van der Waals surface area (Å²) in [5, 5.41) is 1.63. The molecule has 0 saturated heterocycles. The van der Waals surface area contributed by atoms with E-state index in [0.717, 1.165) is 16.5 Å². The van der Waals surface area contributed by atoms with E-state index in [4.69, 9.17) is 23.2 Å². The van der Waals surface area contributed by atoms with Crippen LogP contribution in [0, 0.1) is 0 Å². The van der Waals surface area contributed by atoms with E-state index < -0.39 is 0 Å². The Balaban J connectivity index is 2.31. The van der Waals surface area contributed by atoms with Gasteiger partial charge in [-0.3, -0.25) is 0 Å². The topological polar surface area (TPSA) is 0 Å². The van der Waals surface area contributed by atoms with Crippen molar-refractivity contribution in [2.45, 2.75) is 6.42 Å². The number of halogens is 2. The van der Waals surface area contributed by atoms with Crippen molar-refractivity contribution in [2.24, 2.45) is 0 Å². The van der Waals surface area contributed by atoms with E-state index in [2.05, 4.69) is 12.1 Å². The van der Waals surface area contributed by atoms with Crippen LogP contribution >= 0.6 is 23.2 Å². The molecule has 0 radical (unpaired) electrons. The van der Waals surface area contributed by atoms with E-state index in [1.165, 1.54) is 22.3 Å². The lowest BCUT2D eigenvalue weighted by molar-refractivity contribution is 1.26. The van der Waals surface area contributed by atoms with Gasteiger partial charge in [0.15, 0.2) is 0 Å². The van der Waals surface area contributed by atoms with Gasteiger partial charge in [0.05, 0.1) is 0 Å².